The van der Waals surface area contributed by atoms with Gasteiger partial charge in [-0.1, -0.05) is 30.3 Å². The summed E-state index contributed by atoms with van der Waals surface area (Å²) in [5, 5.41) is 24.7. The molecule has 0 saturated heterocycles. The Balaban J connectivity index is 1.51. The monoisotopic (exact) mass is 467 g/mol. The summed E-state index contributed by atoms with van der Waals surface area (Å²) in [6.45, 7) is -0.211. The van der Waals surface area contributed by atoms with Gasteiger partial charge < -0.3 is 25.3 Å². The Kier molecular flexibility index (Phi) is 6.08. The van der Waals surface area contributed by atoms with Crippen molar-refractivity contribution in [1.29, 1.82) is 0 Å². The highest BCUT2D eigenvalue weighted by molar-refractivity contribution is 6.07. The lowest BCUT2D eigenvalue weighted by atomic mass is 10.0. The third-order valence-electron chi connectivity index (χ3n) is 6.10. The summed E-state index contributed by atoms with van der Waals surface area (Å²) < 4.78 is 5.36. The van der Waals surface area contributed by atoms with Crippen LogP contribution in [0.5, 0.6) is 11.5 Å². The van der Waals surface area contributed by atoms with Crippen LogP contribution in [0.2, 0.25) is 0 Å². The number of carbonyl (C=O) groups excluding carboxylic acids is 1. The maximum absolute atomic E-state index is 13.5. The molecule has 0 unspecified atom stereocenters. The van der Waals surface area contributed by atoms with Crippen molar-refractivity contribution >= 4 is 27.7 Å². The Morgan fingerprint density at radius 2 is 1.91 bits per heavy atom. The van der Waals surface area contributed by atoms with E-state index < -0.39 is 6.04 Å². The number of hydrogen-bond donors (Lipinski definition) is 4. The number of ether oxygens (including phenoxy) is 1. The topological polar surface area (TPSA) is 107 Å². The Morgan fingerprint density at radius 1 is 1.06 bits per heavy atom. The van der Waals surface area contributed by atoms with Crippen LogP contribution in [-0.2, 0) is 6.42 Å². The van der Waals surface area contributed by atoms with Gasteiger partial charge in [-0.15, -0.1) is 0 Å². The van der Waals surface area contributed by atoms with Gasteiger partial charge in [-0.2, -0.15) is 0 Å². The zero-order valence-corrected chi connectivity index (χ0v) is 19.2. The molecule has 0 aliphatic rings. The van der Waals surface area contributed by atoms with E-state index in [1.54, 1.807) is 49.6 Å². The molecule has 1 atom stereocenters. The van der Waals surface area contributed by atoms with Gasteiger partial charge in [-0.3, -0.25) is 4.79 Å². The van der Waals surface area contributed by atoms with Crippen LogP contribution in [0.25, 0.3) is 33.1 Å². The number of phenolic OH excluding ortho intramolecular Hbond substituents is 1. The number of aromatic amines is 1. The number of rotatable bonds is 7. The smallest absolute Gasteiger partial charge is 0.252 e. The van der Waals surface area contributed by atoms with Gasteiger partial charge in [-0.25, -0.2) is 4.98 Å². The molecule has 7 heteroatoms. The Bertz CT molecular complexity index is 1530. The van der Waals surface area contributed by atoms with Crippen LogP contribution in [0.4, 0.5) is 0 Å². The van der Waals surface area contributed by atoms with Gasteiger partial charge in [0.15, 0.2) is 0 Å². The van der Waals surface area contributed by atoms with Crippen molar-refractivity contribution in [3.63, 3.8) is 0 Å². The van der Waals surface area contributed by atoms with Crippen LogP contribution >= 0.6 is 0 Å². The first kappa shape index (κ1) is 22.4. The van der Waals surface area contributed by atoms with Crippen molar-refractivity contribution in [2.75, 3.05) is 13.7 Å². The van der Waals surface area contributed by atoms with Gasteiger partial charge in [0.1, 0.15) is 11.5 Å². The molecule has 176 valence electrons. The minimum Gasteiger partial charge on any atom is -0.508 e. The fraction of sp³-hybridized carbons (Fsp3) is 0.143. The maximum atomic E-state index is 13.5. The van der Waals surface area contributed by atoms with Crippen molar-refractivity contribution in [2.45, 2.75) is 12.5 Å². The molecule has 5 aromatic rings. The largest absolute Gasteiger partial charge is 0.508 e. The number of H-pyrrole nitrogens is 1. The molecule has 7 nitrogen and oxygen atoms in total. The number of aromatic nitrogens is 2. The molecular formula is C28H25N3O4. The summed E-state index contributed by atoms with van der Waals surface area (Å²) in [5.41, 5.74) is 4.30. The summed E-state index contributed by atoms with van der Waals surface area (Å²) in [4.78, 5) is 21.5. The van der Waals surface area contributed by atoms with Crippen LogP contribution in [0, 0.1) is 0 Å². The van der Waals surface area contributed by atoms with Crippen molar-refractivity contribution in [3.8, 4) is 22.8 Å². The first-order valence-corrected chi connectivity index (χ1v) is 11.3. The van der Waals surface area contributed by atoms with E-state index in [9.17, 15) is 15.0 Å². The summed E-state index contributed by atoms with van der Waals surface area (Å²) >= 11 is 0. The van der Waals surface area contributed by atoms with Gasteiger partial charge >= 0.3 is 0 Å². The number of amides is 1. The van der Waals surface area contributed by atoms with E-state index in [0.717, 1.165) is 16.5 Å². The fourth-order valence-corrected chi connectivity index (χ4v) is 4.32. The summed E-state index contributed by atoms with van der Waals surface area (Å²) in [6, 6.07) is 21.2. The van der Waals surface area contributed by atoms with Crippen LogP contribution in [0.15, 0.2) is 79.0 Å². The number of methoxy groups -OCH3 is 1. The Hall–Kier alpha value is -4.36. The molecule has 2 heterocycles. The highest BCUT2D eigenvalue weighted by Crippen LogP contribution is 2.29. The molecule has 0 saturated carbocycles. The number of para-hydroxylation sites is 1. The molecular weight excluding hydrogens is 442 g/mol. The molecule has 35 heavy (non-hydrogen) atoms. The summed E-state index contributed by atoms with van der Waals surface area (Å²) in [6.07, 6.45) is 2.38. The molecule has 4 N–H and O–H groups in total. The van der Waals surface area contributed by atoms with E-state index in [4.69, 9.17) is 9.72 Å². The second-order valence-corrected chi connectivity index (χ2v) is 8.41. The van der Waals surface area contributed by atoms with E-state index in [0.29, 0.717) is 39.9 Å². The SMILES string of the molecule is COc1ccc2nc(-c3cccc(O)c3)cc(C(=O)N[C@@H](CO)Cc3c[nH]c4ccccc34)c2c1. The number of aromatic hydroxyl groups is 1. The van der Waals surface area contributed by atoms with Crippen molar-refractivity contribution in [1.82, 2.24) is 15.3 Å². The zero-order valence-electron chi connectivity index (χ0n) is 19.2. The number of carbonyl (C=O) groups is 1. The molecule has 0 aliphatic heterocycles. The molecule has 3 aromatic carbocycles. The van der Waals surface area contributed by atoms with Crippen molar-refractivity contribution in [3.05, 3.63) is 90.1 Å². The average Bonchev–Trinajstić information content (AvgIpc) is 3.29. The number of aliphatic hydroxyl groups is 1. The normalized spacial score (nSPS) is 12.1. The van der Waals surface area contributed by atoms with Crippen LogP contribution < -0.4 is 10.1 Å². The summed E-state index contributed by atoms with van der Waals surface area (Å²) in [7, 11) is 1.57. The number of fused-ring (bicyclic) bond motifs is 2. The number of nitrogens with zero attached hydrogens (tertiary/aromatic N) is 1. The Morgan fingerprint density at radius 3 is 2.71 bits per heavy atom. The van der Waals surface area contributed by atoms with E-state index >= 15 is 0 Å². The predicted molar refractivity (Wildman–Crippen MR) is 136 cm³/mol. The van der Waals surface area contributed by atoms with E-state index in [2.05, 4.69) is 10.3 Å². The number of aliphatic hydroxyl groups excluding tert-OH is 1. The number of nitrogens with one attached hydrogen (secondary N) is 2. The average molecular weight is 468 g/mol. The van der Waals surface area contributed by atoms with E-state index in [-0.39, 0.29) is 18.3 Å². The maximum Gasteiger partial charge on any atom is 0.252 e. The number of pyridine rings is 1. The Labute approximate surface area is 202 Å². The second kappa shape index (κ2) is 9.48. The van der Waals surface area contributed by atoms with Gasteiger partial charge in [0.25, 0.3) is 5.91 Å². The minimum absolute atomic E-state index is 0.115. The zero-order chi connectivity index (χ0) is 24.4. The van der Waals surface area contributed by atoms with Crippen LogP contribution in [-0.4, -0.2) is 45.8 Å². The fourth-order valence-electron chi connectivity index (χ4n) is 4.32. The van der Waals surface area contributed by atoms with Gasteiger partial charge in [0.2, 0.25) is 0 Å². The molecule has 2 aromatic heterocycles. The van der Waals surface area contributed by atoms with Gasteiger partial charge in [0, 0.05) is 28.0 Å². The number of benzene rings is 3. The van der Waals surface area contributed by atoms with Crippen molar-refractivity contribution in [2.24, 2.45) is 0 Å². The molecule has 0 radical (unpaired) electrons. The van der Waals surface area contributed by atoms with Crippen LogP contribution in [0.1, 0.15) is 15.9 Å². The summed E-state index contributed by atoms with van der Waals surface area (Å²) in [5.74, 6) is 0.395. The standard InChI is InChI=1S/C28H25N3O4/c1-35-21-9-10-26-23(13-21)24(14-27(31-26)17-5-4-6-20(33)12-17)28(34)30-19(16-32)11-18-15-29-25-8-3-2-7-22(18)25/h2-10,12-15,19,29,32-33H,11,16H2,1H3,(H,30,34)/t19-/m1/s1. The lowest BCUT2D eigenvalue weighted by molar-refractivity contribution is 0.0918. The predicted octanol–water partition coefficient (Wildman–Crippen LogP) is 4.43. The van der Waals surface area contributed by atoms with Crippen LogP contribution in [0.3, 0.4) is 0 Å². The number of hydrogen-bond acceptors (Lipinski definition) is 5. The second-order valence-electron chi connectivity index (χ2n) is 8.41. The third kappa shape index (κ3) is 4.54. The highest BCUT2D eigenvalue weighted by atomic mass is 16.5. The molecule has 5 rings (SSSR count). The highest BCUT2D eigenvalue weighted by Gasteiger charge is 2.19. The quantitative estimate of drug-likeness (QED) is 0.283. The van der Waals surface area contributed by atoms with Crippen molar-refractivity contribution < 1.29 is 19.7 Å². The molecule has 0 spiro atoms. The number of phenols is 1. The molecule has 0 bridgehead atoms. The molecule has 1 amide bonds. The van der Waals surface area contributed by atoms with E-state index in [1.165, 1.54) is 0 Å². The first-order chi connectivity index (χ1) is 17.1. The molecule has 0 fully saturated rings. The lowest BCUT2D eigenvalue weighted by Crippen LogP contribution is -2.39. The third-order valence-corrected chi connectivity index (χ3v) is 6.10. The van der Waals surface area contributed by atoms with E-state index in [1.807, 2.05) is 36.5 Å². The lowest BCUT2D eigenvalue weighted by Gasteiger charge is -2.18. The van der Waals surface area contributed by atoms with Gasteiger partial charge in [-0.05, 0) is 54.4 Å². The van der Waals surface area contributed by atoms with Gasteiger partial charge in [0.05, 0.1) is 36.5 Å². The molecule has 0 aliphatic carbocycles. The first-order valence-electron chi connectivity index (χ1n) is 11.3. The minimum atomic E-state index is -0.486.